The van der Waals surface area contributed by atoms with Gasteiger partial charge in [-0.3, -0.25) is 4.98 Å². The van der Waals surface area contributed by atoms with E-state index >= 15 is 0 Å². The molecule has 10 heavy (non-hydrogen) atoms. The van der Waals surface area contributed by atoms with E-state index in [4.69, 9.17) is 0 Å². The average molecular weight is 155 g/mol. The number of rotatable bonds is 3. The number of thiazole rings is 1. The van der Waals surface area contributed by atoms with E-state index in [1.165, 1.54) is 11.3 Å². The summed E-state index contributed by atoms with van der Waals surface area (Å²) in [7, 11) is 0. The standard InChI is InChI=1S/C7H9NOS/c1-2-3-6(9)7-4-8-5-10-7/h2,4-6,9H,1,3H2. The Labute approximate surface area is 63.9 Å². The highest BCUT2D eigenvalue weighted by atomic mass is 32.1. The van der Waals surface area contributed by atoms with Crippen molar-refractivity contribution >= 4 is 11.3 Å². The first-order valence-corrected chi connectivity index (χ1v) is 3.90. The highest BCUT2D eigenvalue weighted by molar-refractivity contribution is 7.09. The van der Waals surface area contributed by atoms with Gasteiger partial charge < -0.3 is 5.11 Å². The van der Waals surface area contributed by atoms with Gasteiger partial charge in [-0.25, -0.2) is 0 Å². The van der Waals surface area contributed by atoms with Crippen LogP contribution < -0.4 is 0 Å². The van der Waals surface area contributed by atoms with E-state index < -0.39 is 6.10 Å². The molecule has 54 valence electrons. The van der Waals surface area contributed by atoms with Gasteiger partial charge in [-0.15, -0.1) is 17.9 Å². The lowest BCUT2D eigenvalue weighted by Gasteiger charge is -2.01. The van der Waals surface area contributed by atoms with Crippen LogP contribution in [-0.4, -0.2) is 10.1 Å². The first kappa shape index (κ1) is 7.44. The van der Waals surface area contributed by atoms with Gasteiger partial charge in [-0.2, -0.15) is 0 Å². The third kappa shape index (κ3) is 1.65. The Bertz CT molecular complexity index is 195. The fourth-order valence-corrected chi connectivity index (χ4v) is 1.28. The van der Waals surface area contributed by atoms with E-state index in [-0.39, 0.29) is 0 Å². The molecule has 3 heteroatoms. The van der Waals surface area contributed by atoms with E-state index in [2.05, 4.69) is 11.6 Å². The molecule has 0 spiro atoms. The maximum atomic E-state index is 9.31. The Morgan fingerprint density at radius 3 is 3.20 bits per heavy atom. The number of hydrogen-bond donors (Lipinski definition) is 1. The quantitative estimate of drug-likeness (QED) is 0.674. The molecule has 0 bridgehead atoms. The molecule has 1 aromatic heterocycles. The van der Waals surface area contributed by atoms with Crippen LogP contribution in [0.2, 0.25) is 0 Å². The van der Waals surface area contributed by atoms with Crippen LogP contribution in [0.25, 0.3) is 0 Å². The summed E-state index contributed by atoms with van der Waals surface area (Å²) in [5, 5.41) is 9.31. The third-order valence-corrected chi connectivity index (χ3v) is 2.05. The van der Waals surface area contributed by atoms with Crippen molar-refractivity contribution in [2.75, 3.05) is 0 Å². The molecule has 0 aliphatic carbocycles. The minimum absolute atomic E-state index is 0.412. The van der Waals surface area contributed by atoms with Crippen molar-refractivity contribution in [3.8, 4) is 0 Å². The molecule has 0 saturated carbocycles. The molecule has 1 atom stereocenters. The van der Waals surface area contributed by atoms with Crippen LogP contribution in [0.4, 0.5) is 0 Å². The summed E-state index contributed by atoms with van der Waals surface area (Å²) in [5.41, 5.74) is 1.71. The largest absolute Gasteiger partial charge is 0.387 e. The lowest BCUT2D eigenvalue weighted by Crippen LogP contribution is -1.90. The van der Waals surface area contributed by atoms with Gasteiger partial charge in [-0.1, -0.05) is 6.08 Å². The van der Waals surface area contributed by atoms with Gasteiger partial charge in [0.2, 0.25) is 0 Å². The predicted molar refractivity (Wildman–Crippen MR) is 41.9 cm³/mol. The second-order valence-electron chi connectivity index (χ2n) is 1.94. The SMILES string of the molecule is C=CCC(O)c1cncs1. The summed E-state index contributed by atoms with van der Waals surface area (Å²) in [6.07, 6.45) is 3.57. The molecule has 2 nitrogen and oxygen atoms in total. The Kier molecular flexibility index (Phi) is 2.59. The smallest absolute Gasteiger partial charge is 0.0932 e. The first-order valence-electron chi connectivity index (χ1n) is 3.02. The van der Waals surface area contributed by atoms with Gasteiger partial charge in [0.25, 0.3) is 0 Å². The highest BCUT2D eigenvalue weighted by Crippen LogP contribution is 2.19. The van der Waals surface area contributed by atoms with Gasteiger partial charge in [0.05, 0.1) is 16.5 Å². The Balaban J connectivity index is 2.58. The normalized spacial score (nSPS) is 12.9. The number of aromatic nitrogens is 1. The van der Waals surface area contributed by atoms with Crippen LogP contribution in [0.1, 0.15) is 17.4 Å². The van der Waals surface area contributed by atoms with Gasteiger partial charge in [0.15, 0.2) is 0 Å². The van der Waals surface area contributed by atoms with E-state index in [0.717, 1.165) is 4.88 Å². The van der Waals surface area contributed by atoms with Crippen LogP contribution >= 0.6 is 11.3 Å². The van der Waals surface area contributed by atoms with Crippen LogP contribution in [-0.2, 0) is 0 Å². The zero-order valence-electron chi connectivity index (χ0n) is 5.53. The van der Waals surface area contributed by atoms with Crippen molar-refractivity contribution in [1.29, 1.82) is 0 Å². The van der Waals surface area contributed by atoms with Crippen LogP contribution in [0.5, 0.6) is 0 Å². The Morgan fingerprint density at radius 2 is 2.70 bits per heavy atom. The number of aliphatic hydroxyl groups is 1. The van der Waals surface area contributed by atoms with Gasteiger partial charge >= 0.3 is 0 Å². The molecular formula is C7H9NOS. The zero-order valence-corrected chi connectivity index (χ0v) is 6.34. The number of nitrogens with zero attached hydrogens (tertiary/aromatic N) is 1. The van der Waals surface area contributed by atoms with Crippen LogP contribution in [0.15, 0.2) is 24.4 Å². The molecular weight excluding hydrogens is 146 g/mol. The minimum Gasteiger partial charge on any atom is -0.387 e. The van der Waals surface area contributed by atoms with Gasteiger partial charge in [-0.05, 0) is 6.42 Å². The molecule has 0 amide bonds. The second kappa shape index (κ2) is 3.49. The van der Waals surface area contributed by atoms with Crippen molar-refractivity contribution in [3.05, 3.63) is 29.2 Å². The Hall–Kier alpha value is -0.670. The molecule has 0 radical (unpaired) electrons. The molecule has 0 saturated heterocycles. The van der Waals surface area contributed by atoms with Crippen molar-refractivity contribution in [2.45, 2.75) is 12.5 Å². The zero-order chi connectivity index (χ0) is 7.40. The van der Waals surface area contributed by atoms with Gasteiger partial charge in [0, 0.05) is 6.20 Å². The number of hydrogen-bond acceptors (Lipinski definition) is 3. The van der Waals surface area contributed by atoms with Crippen molar-refractivity contribution in [2.24, 2.45) is 0 Å². The molecule has 1 unspecified atom stereocenters. The van der Waals surface area contributed by atoms with Crippen LogP contribution in [0, 0.1) is 0 Å². The highest BCUT2D eigenvalue weighted by Gasteiger charge is 2.05. The lowest BCUT2D eigenvalue weighted by molar-refractivity contribution is 0.185. The number of aliphatic hydroxyl groups excluding tert-OH is 1. The molecule has 1 rings (SSSR count). The summed E-state index contributed by atoms with van der Waals surface area (Å²) < 4.78 is 0. The maximum absolute atomic E-state index is 9.31. The molecule has 1 aromatic rings. The fourth-order valence-electron chi connectivity index (χ4n) is 0.664. The second-order valence-corrected chi connectivity index (χ2v) is 2.86. The molecule has 0 aliphatic rings. The minimum atomic E-state index is -0.412. The lowest BCUT2D eigenvalue weighted by atomic mass is 10.2. The summed E-state index contributed by atoms with van der Waals surface area (Å²) in [6, 6.07) is 0. The van der Waals surface area contributed by atoms with Gasteiger partial charge in [0.1, 0.15) is 0 Å². The van der Waals surface area contributed by atoms with E-state index in [1.54, 1.807) is 17.8 Å². The maximum Gasteiger partial charge on any atom is 0.0932 e. The van der Waals surface area contributed by atoms with E-state index in [1.807, 2.05) is 0 Å². The molecule has 1 N–H and O–H groups in total. The summed E-state index contributed by atoms with van der Waals surface area (Å²) in [4.78, 5) is 4.75. The predicted octanol–water partition coefficient (Wildman–Crippen LogP) is 1.75. The third-order valence-electron chi connectivity index (χ3n) is 1.17. The summed E-state index contributed by atoms with van der Waals surface area (Å²) in [5.74, 6) is 0. The average Bonchev–Trinajstić information content (AvgIpc) is 2.38. The summed E-state index contributed by atoms with van der Waals surface area (Å²) in [6.45, 7) is 3.53. The topological polar surface area (TPSA) is 33.1 Å². The van der Waals surface area contributed by atoms with Crippen molar-refractivity contribution < 1.29 is 5.11 Å². The monoisotopic (exact) mass is 155 g/mol. The Morgan fingerprint density at radius 1 is 1.90 bits per heavy atom. The van der Waals surface area contributed by atoms with Crippen LogP contribution in [0.3, 0.4) is 0 Å². The molecule has 0 fully saturated rings. The fraction of sp³-hybridized carbons (Fsp3) is 0.286. The molecule has 1 heterocycles. The van der Waals surface area contributed by atoms with Crippen molar-refractivity contribution in [1.82, 2.24) is 4.98 Å². The summed E-state index contributed by atoms with van der Waals surface area (Å²) >= 11 is 1.46. The van der Waals surface area contributed by atoms with Crippen molar-refractivity contribution in [3.63, 3.8) is 0 Å². The molecule has 0 aromatic carbocycles. The molecule has 0 aliphatic heterocycles. The van der Waals surface area contributed by atoms with E-state index in [0.29, 0.717) is 6.42 Å². The first-order chi connectivity index (χ1) is 4.84. The van der Waals surface area contributed by atoms with E-state index in [9.17, 15) is 5.11 Å².